The molecule has 0 bridgehead atoms. The number of unbranched alkanes of at least 4 members (excludes halogenated alkanes) is 1. The highest BCUT2D eigenvalue weighted by Gasteiger charge is 2.14. The van der Waals surface area contributed by atoms with Crippen LogP contribution in [0.5, 0.6) is 5.88 Å². The fourth-order valence-corrected chi connectivity index (χ4v) is 2.60. The zero-order valence-corrected chi connectivity index (χ0v) is 16.1. The fraction of sp³-hybridized carbons (Fsp3) is 0.381. The normalized spacial score (nSPS) is 10.8. The third kappa shape index (κ3) is 6.92. The lowest BCUT2D eigenvalue weighted by Gasteiger charge is -2.23. The van der Waals surface area contributed by atoms with Gasteiger partial charge in [-0.3, -0.25) is 14.9 Å². The lowest BCUT2D eigenvalue weighted by Crippen LogP contribution is -2.26. The Kier molecular flexibility index (Phi) is 8.61. The summed E-state index contributed by atoms with van der Waals surface area (Å²) in [7, 11) is 0. The second kappa shape index (κ2) is 11.2. The van der Waals surface area contributed by atoms with E-state index in [1.54, 1.807) is 18.5 Å². The van der Waals surface area contributed by atoms with Gasteiger partial charge in [-0.1, -0.05) is 25.3 Å². The molecule has 0 spiro atoms. The highest BCUT2D eigenvalue weighted by Crippen LogP contribution is 2.17. The quantitative estimate of drug-likeness (QED) is 0.459. The van der Waals surface area contributed by atoms with Gasteiger partial charge < -0.3 is 10.5 Å². The van der Waals surface area contributed by atoms with Crippen molar-refractivity contribution < 1.29 is 4.74 Å². The molecule has 27 heavy (non-hydrogen) atoms. The summed E-state index contributed by atoms with van der Waals surface area (Å²) in [6.07, 6.45) is 8.84. The number of aromatic nitrogens is 3. The average molecular weight is 367 g/mol. The SMILES string of the molecule is C=CC(=C)COc1nccnc1CN(CCCCN)Cc1ncccc1C. The summed E-state index contributed by atoms with van der Waals surface area (Å²) in [4.78, 5) is 15.7. The number of rotatable bonds is 12. The van der Waals surface area contributed by atoms with E-state index < -0.39 is 0 Å². The van der Waals surface area contributed by atoms with Gasteiger partial charge in [-0.2, -0.15) is 0 Å². The molecule has 0 aromatic carbocycles. The Morgan fingerprint density at radius 2 is 1.89 bits per heavy atom. The summed E-state index contributed by atoms with van der Waals surface area (Å²) in [5.41, 5.74) is 9.51. The first-order valence-corrected chi connectivity index (χ1v) is 9.19. The van der Waals surface area contributed by atoms with Gasteiger partial charge in [0.15, 0.2) is 0 Å². The first kappa shape index (κ1) is 20.7. The molecule has 6 nitrogen and oxygen atoms in total. The van der Waals surface area contributed by atoms with Crippen molar-refractivity contribution in [1.82, 2.24) is 19.9 Å². The molecule has 2 rings (SSSR count). The predicted octanol–water partition coefficient (Wildman–Crippen LogP) is 3.04. The smallest absolute Gasteiger partial charge is 0.237 e. The summed E-state index contributed by atoms with van der Waals surface area (Å²) < 4.78 is 5.78. The van der Waals surface area contributed by atoms with Crippen LogP contribution in [-0.4, -0.2) is 39.5 Å². The van der Waals surface area contributed by atoms with Crippen molar-refractivity contribution in [1.29, 1.82) is 0 Å². The van der Waals surface area contributed by atoms with Crippen LogP contribution in [0.4, 0.5) is 0 Å². The van der Waals surface area contributed by atoms with Crippen molar-refractivity contribution in [3.05, 3.63) is 72.5 Å². The Labute approximate surface area is 161 Å². The minimum absolute atomic E-state index is 0.349. The Bertz CT molecular complexity index is 747. The molecule has 0 radical (unpaired) electrons. The van der Waals surface area contributed by atoms with Crippen LogP contribution in [-0.2, 0) is 13.1 Å². The van der Waals surface area contributed by atoms with E-state index in [0.29, 0.717) is 25.6 Å². The zero-order chi connectivity index (χ0) is 19.5. The molecule has 2 N–H and O–H groups in total. The molecule has 6 heteroatoms. The fourth-order valence-electron chi connectivity index (χ4n) is 2.60. The van der Waals surface area contributed by atoms with Crippen molar-refractivity contribution in [3.8, 4) is 5.88 Å². The number of hydrogen-bond donors (Lipinski definition) is 1. The first-order chi connectivity index (χ1) is 13.1. The molecule has 2 aromatic heterocycles. The summed E-state index contributed by atoms with van der Waals surface area (Å²) in [6, 6.07) is 4.04. The maximum Gasteiger partial charge on any atom is 0.237 e. The third-order valence-electron chi connectivity index (χ3n) is 4.21. The maximum atomic E-state index is 5.78. The lowest BCUT2D eigenvalue weighted by molar-refractivity contribution is 0.237. The van der Waals surface area contributed by atoms with Crippen molar-refractivity contribution in [2.24, 2.45) is 5.73 Å². The molecule has 2 aromatic rings. The molecule has 0 saturated heterocycles. The van der Waals surface area contributed by atoms with Gasteiger partial charge >= 0.3 is 0 Å². The van der Waals surface area contributed by atoms with E-state index in [0.717, 1.165) is 42.9 Å². The largest absolute Gasteiger partial charge is 0.471 e. The molecule has 0 saturated carbocycles. The lowest BCUT2D eigenvalue weighted by atomic mass is 10.2. The van der Waals surface area contributed by atoms with Crippen LogP contribution >= 0.6 is 0 Å². The Balaban J connectivity index is 2.13. The molecule has 0 aliphatic rings. The molecule has 0 fully saturated rings. The standard InChI is InChI=1S/C21H29N5O/c1-4-17(2)16-27-21-20(24-11-12-25-21)15-26(13-6-5-9-22)14-19-18(3)8-7-10-23-19/h4,7-8,10-12H,1-2,5-6,9,13-16,22H2,3H3. The van der Waals surface area contributed by atoms with Crippen LogP contribution in [0.15, 0.2) is 55.5 Å². The third-order valence-corrected chi connectivity index (χ3v) is 4.21. The Hall–Kier alpha value is -2.57. The van der Waals surface area contributed by atoms with Crippen LogP contribution in [0.3, 0.4) is 0 Å². The molecule has 2 heterocycles. The summed E-state index contributed by atoms with van der Waals surface area (Å²) >= 11 is 0. The number of nitrogens with two attached hydrogens (primary N) is 1. The molecule has 0 atom stereocenters. The summed E-state index contributed by atoms with van der Waals surface area (Å²) in [5, 5.41) is 0. The second-order valence-corrected chi connectivity index (χ2v) is 6.43. The van der Waals surface area contributed by atoms with Crippen molar-refractivity contribution >= 4 is 0 Å². The molecule has 0 unspecified atom stereocenters. The molecule has 0 aliphatic heterocycles. The average Bonchev–Trinajstić information content (AvgIpc) is 2.68. The van der Waals surface area contributed by atoms with E-state index in [9.17, 15) is 0 Å². The van der Waals surface area contributed by atoms with Gasteiger partial charge in [0.1, 0.15) is 12.3 Å². The van der Waals surface area contributed by atoms with Gasteiger partial charge in [0.2, 0.25) is 5.88 Å². The number of pyridine rings is 1. The van der Waals surface area contributed by atoms with Gasteiger partial charge in [-0.05, 0) is 50.1 Å². The highest BCUT2D eigenvalue weighted by atomic mass is 16.5. The van der Waals surface area contributed by atoms with Crippen molar-refractivity contribution in [3.63, 3.8) is 0 Å². The summed E-state index contributed by atoms with van der Waals surface area (Å²) in [6.45, 7) is 13.0. The van der Waals surface area contributed by atoms with Gasteiger partial charge in [-0.25, -0.2) is 4.98 Å². The number of nitrogens with zero attached hydrogens (tertiary/aromatic N) is 4. The topological polar surface area (TPSA) is 77.2 Å². The van der Waals surface area contributed by atoms with E-state index in [4.69, 9.17) is 10.5 Å². The van der Waals surface area contributed by atoms with Gasteiger partial charge in [0.05, 0.1) is 5.69 Å². The Morgan fingerprint density at radius 3 is 2.63 bits per heavy atom. The Morgan fingerprint density at radius 1 is 1.15 bits per heavy atom. The monoisotopic (exact) mass is 367 g/mol. The first-order valence-electron chi connectivity index (χ1n) is 9.19. The van der Waals surface area contributed by atoms with Gasteiger partial charge in [0.25, 0.3) is 0 Å². The highest BCUT2D eigenvalue weighted by molar-refractivity contribution is 5.21. The van der Waals surface area contributed by atoms with Crippen molar-refractivity contribution in [2.45, 2.75) is 32.9 Å². The van der Waals surface area contributed by atoms with Crippen molar-refractivity contribution in [2.75, 3.05) is 19.7 Å². The minimum Gasteiger partial charge on any atom is -0.471 e. The molecule has 0 aliphatic carbocycles. The van der Waals surface area contributed by atoms with Crippen LogP contribution in [0.1, 0.15) is 29.8 Å². The zero-order valence-electron chi connectivity index (χ0n) is 16.1. The van der Waals surface area contributed by atoms with E-state index in [1.165, 1.54) is 5.56 Å². The number of ether oxygens (including phenoxy) is 1. The van der Waals surface area contributed by atoms with E-state index in [2.05, 4.69) is 46.0 Å². The van der Waals surface area contributed by atoms with E-state index in [-0.39, 0.29) is 0 Å². The van der Waals surface area contributed by atoms with E-state index in [1.807, 2.05) is 12.3 Å². The molecule has 144 valence electrons. The second-order valence-electron chi connectivity index (χ2n) is 6.43. The van der Waals surface area contributed by atoms with Gasteiger partial charge in [0, 0.05) is 31.7 Å². The number of aryl methyl sites for hydroxylation is 1. The predicted molar refractivity (Wildman–Crippen MR) is 108 cm³/mol. The van der Waals surface area contributed by atoms with Crippen LogP contribution in [0, 0.1) is 6.92 Å². The summed E-state index contributed by atoms with van der Waals surface area (Å²) in [5.74, 6) is 0.530. The van der Waals surface area contributed by atoms with E-state index >= 15 is 0 Å². The van der Waals surface area contributed by atoms with Gasteiger partial charge in [-0.15, -0.1) is 0 Å². The van der Waals surface area contributed by atoms with Crippen LogP contribution in [0.2, 0.25) is 0 Å². The minimum atomic E-state index is 0.349. The maximum absolute atomic E-state index is 5.78. The molecule has 0 amide bonds. The number of hydrogen-bond acceptors (Lipinski definition) is 6. The van der Waals surface area contributed by atoms with Crippen LogP contribution in [0.25, 0.3) is 0 Å². The molecular weight excluding hydrogens is 338 g/mol. The van der Waals surface area contributed by atoms with Crippen LogP contribution < -0.4 is 10.5 Å². The molecular formula is C21H29N5O.